The van der Waals surface area contributed by atoms with Crippen LogP contribution in [-0.4, -0.2) is 11.1 Å². The Bertz CT molecular complexity index is 459. The summed E-state index contributed by atoms with van der Waals surface area (Å²) in [5.74, 6) is -1.22. The summed E-state index contributed by atoms with van der Waals surface area (Å²) >= 11 is 0. The molecule has 0 heterocycles. The third-order valence-corrected chi connectivity index (χ3v) is 1.65. The minimum Gasteiger partial charge on any atom is -0.478 e. The fourth-order valence-corrected chi connectivity index (χ4v) is 0.957. The number of aliphatic carboxylic acids is 1. The Labute approximate surface area is 94.4 Å². The monoisotopic (exact) mass is 244 g/mol. The van der Waals surface area contributed by atoms with Gasteiger partial charge in [0.05, 0.1) is 0 Å². The van der Waals surface area contributed by atoms with Gasteiger partial charge in [-0.25, -0.2) is 4.79 Å². The lowest BCUT2D eigenvalue weighted by Crippen LogP contribution is -1.90. The van der Waals surface area contributed by atoms with Crippen LogP contribution in [-0.2, 0) is 4.79 Å². The summed E-state index contributed by atoms with van der Waals surface area (Å²) in [7, 11) is 0. The van der Waals surface area contributed by atoms with Gasteiger partial charge in [-0.3, -0.25) is 0 Å². The largest absolute Gasteiger partial charge is 0.478 e. The molecule has 90 valence electrons. The van der Waals surface area contributed by atoms with Crippen LogP contribution in [0.5, 0.6) is 5.75 Å². The third-order valence-electron chi connectivity index (χ3n) is 1.65. The number of hydrogen-bond acceptors (Lipinski definition) is 2. The molecule has 0 aliphatic rings. The fourth-order valence-electron chi connectivity index (χ4n) is 0.957. The Morgan fingerprint density at radius 1 is 1.18 bits per heavy atom. The Morgan fingerprint density at radius 2 is 1.76 bits per heavy atom. The molecule has 1 rings (SSSR count). The van der Waals surface area contributed by atoms with Crippen molar-refractivity contribution in [2.45, 2.75) is 0 Å². The number of carboxylic acid groups (broad SMARTS) is 1. The van der Waals surface area contributed by atoms with Crippen molar-refractivity contribution in [1.29, 1.82) is 0 Å². The molecule has 0 bridgehead atoms. The molecular weight excluding hydrogens is 237 g/mol. The van der Waals surface area contributed by atoms with E-state index in [1.807, 2.05) is 0 Å². The molecule has 0 atom stereocenters. The van der Waals surface area contributed by atoms with E-state index in [1.165, 1.54) is 30.3 Å². The predicted octanol–water partition coefficient (Wildman–Crippen LogP) is 3.20. The van der Waals surface area contributed by atoms with E-state index in [-0.39, 0.29) is 5.75 Å². The van der Waals surface area contributed by atoms with Crippen LogP contribution < -0.4 is 4.74 Å². The van der Waals surface area contributed by atoms with Gasteiger partial charge < -0.3 is 9.84 Å². The Morgan fingerprint density at radius 3 is 2.24 bits per heavy atom. The first kappa shape index (κ1) is 12.8. The molecule has 0 unspecified atom stereocenters. The fraction of sp³-hybridized carbons (Fsp3) is 0. The van der Waals surface area contributed by atoms with Gasteiger partial charge in [-0.1, -0.05) is 12.1 Å². The Kier molecular flexibility index (Phi) is 4.33. The van der Waals surface area contributed by atoms with Crippen molar-refractivity contribution in [3.63, 3.8) is 0 Å². The highest BCUT2D eigenvalue weighted by Gasteiger charge is 2.07. The lowest BCUT2D eigenvalue weighted by atomic mass is 10.2. The second-order valence-corrected chi connectivity index (χ2v) is 2.88. The molecule has 0 aromatic heterocycles. The first-order valence-electron chi connectivity index (χ1n) is 4.38. The number of hydrogen-bond donors (Lipinski definition) is 1. The molecule has 1 N–H and O–H groups in total. The lowest BCUT2D eigenvalue weighted by molar-refractivity contribution is -0.131. The summed E-state index contributed by atoms with van der Waals surface area (Å²) in [5, 5.41) is 8.36. The molecule has 0 spiro atoms. The number of carbonyl (C=O) groups is 1. The van der Waals surface area contributed by atoms with E-state index < -0.39 is 18.1 Å². The van der Waals surface area contributed by atoms with Gasteiger partial charge in [-0.05, 0) is 23.8 Å². The summed E-state index contributed by atoms with van der Waals surface area (Å²) in [6.45, 7) is 0. The van der Waals surface area contributed by atoms with E-state index in [1.54, 1.807) is 0 Å². The molecule has 0 aliphatic heterocycles. The van der Waals surface area contributed by atoms with Gasteiger partial charge in [0.25, 0.3) is 0 Å². The number of rotatable bonds is 4. The highest BCUT2D eigenvalue weighted by molar-refractivity contribution is 5.85. The van der Waals surface area contributed by atoms with Crippen LogP contribution in [0.4, 0.5) is 13.2 Å². The van der Waals surface area contributed by atoms with E-state index in [4.69, 9.17) is 5.11 Å². The van der Waals surface area contributed by atoms with Gasteiger partial charge in [0.2, 0.25) is 0 Å². The minimum atomic E-state index is -2.54. The van der Waals surface area contributed by atoms with Crippen molar-refractivity contribution >= 4 is 12.0 Å². The number of ether oxygens (including phenoxy) is 1. The zero-order chi connectivity index (χ0) is 12.8. The first-order valence-corrected chi connectivity index (χ1v) is 4.38. The normalized spacial score (nSPS) is 10.3. The number of halogens is 3. The number of carboxylic acids is 1. The smallest absolute Gasteiger partial charge is 0.344 e. The summed E-state index contributed by atoms with van der Waals surface area (Å²) < 4.78 is 40.0. The van der Waals surface area contributed by atoms with E-state index in [0.29, 0.717) is 5.56 Å². The van der Waals surface area contributed by atoms with Crippen LogP contribution in [0.15, 0.2) is 42.4 Å². The first-order chi connectivity index (χ1) is 7.99. The summed E-state index contributed by atoms with van der Waals surface area (Å²) in [6.07, 6.45) is -0.328. The predicted molar refractivity (Wildman–Crippen MR) is 54.1 cm³/mol. The number of benzene rings is 1. The average Bonchev–Trinajstić information content (AvgIpc) is 2.28. The third kappa shape index (κ3) is 4.42. The van der Waals surface area contributed by atoms with Crippen molar-refractivity contribution < 1.29 is 27.8 Å². The van der Waals surface area contributed by atoms with Crippen LogP contribution in [0.25, 0.3) is 6.08 Å². The maximum Gasteiger partial charge on any atom is 0.344 e. The molecule has 1 aromatic carbocycles. The van der Waals surface area contributed by atoms with Gasteiger partial charge in [-0.15, -0.1) is 0 Å². The molecule has 3 nitrogen and oxygen atoms in total. The summed E-state index contributed by atoms with van der Waals surface area (Å²) in [4.78, 5) is 10.2. The quantitative estimate of drug-likeness (QED) is 0.653. The Balaban J connectivity index is 2.75. The van der Waals surface area contributed by atoms with Crippen molar-refractivity contribution in [2.75, 3.05) is 0 Å². The lowest BCUT2D eigenvalue weighted by Gasteiger charge is -2.01. The zero-order valence-electron chi connectivity index (χ0n) is 8.36. The molecular formula is C11H7F3O3. The van der Waals surface area contributed by atoms with Gasteiger partial charge in [0.15, 0.2) is 0 Å². The second-order valence-electron chi connectivity index (χ2n) is 2.88. The van der Waals surface area contributed by atoms with E-state index >= 15 is 0 Å². The molecule has 0 radical (unpaired) electrons. The van der Waals surface area contributed by atoms with Crippen LogP contribution in [0.3, 0.4) is 0 Å². The molecule has 0 amide bonds. The highest BCUT2D eigenvalue weighted by Crippen LogP contribution is 2.19. The van der Waals surface area contributed by atoms with Crippen LogP contribution in [0, 0.1) is 0 Å². The van der Waals surface area contributed by atoms with E-state index in [9.17, 15) is 18.0 Å². The second kappa shape index (κ2) is 5.74. The summed E-state index contributed by atoms with van der Waals surface area (Å²) in [6, 6.07) is 3.32. The minimum absolute atomic E-state index is 0.109. The van der Waals surface area contributed by atoms with Gasteiger partial charge >= 0.3 is 18.1 Å². The molecule has 0 fully saturated rings. The average molecular weight is 244 g/mol. The molecule has 0 aliphatic carbocycles. The van der Waals surface area contributed by atoms with E-state index in [0.717, 1.165) is 6.08 Å². The van der Waals surface area contributed by atoms with Crippen molar-refractivity contribution in [1.82, 2.24) is 0 Å². The summed E-state index contributed by atoms with van der Waals surface area (Å²) in [5.41, 5.74) is 0.518. The molecule has 0 saturated heterocycles. The van der Waals surface area contributed by atoms with Gasteiger partial charge in [-0.2, -0.15) is 13.2 Å². The zero-order valence-corrected chi connectivity index (χ0v) is 8.36. The van der Waals surface area contributed by atoms with Crippen molar-refractivity contribution in [3.8, 4) is 5.75 Å². The van der Waals surface area contributed by atoms with Crippen molar-refractivity contribution in [3.05, 3.63) is 48.0 Å². The SMILES string of the molecule is O=C(O)/C=C/c1ccc(OC(F)=C(F)F)cc1. The van der Waals surface area contributed by atoms with Crippen molar-refractivity contribution in [2.24, 2.45) is 0 Å². The maximum atomic E-state index is 12.4. The van der Waals surface area contributed by atoms with Crippen LogP contribution in [0.1, 0.15) is 5.56 Å². The van der Waals surface area contributed by atoms with E-state index in [2.05, 4.69) is 4.74 Å². The molecule has 17 heavy (non-hydrogen) atoms. The van der Waals surface area contributed by atoms with Gasteiger partial charge in [0, 0.05) is 6.08 Å². The maximum absolute atomic E-state index is 12.4. The standard InChI is InChI=1S/C11H7F3O3/c12-10(13)11(14)17-8-4-1-7(2-5-8)3-6-9(15)16/h1-6H,(H,15,16)/b6-3+. The van der Waals surface area contributed by atoms with Crippen LogP contribution >= 0.6 is 0 Å². The molecule has 6 heteroatoms. The molecule has 1 aromatic rings. The van der Waals surface area contributed by atoms with Gasteiger partial charge in [0.1, 0.15) is 5.75 Å². The molecule has 0 saturated carbocycles. The Hall–Kier alpha value is -2.24. The van der Waals surface area contributed by atoms with Crippen LogP contribution in [0.2, 0.25) is 0 Å². The highest BCUT2D eigenvalue weighted by atomic mass is 19.3. The topological polar surface area (TPSA) is 46.5 Å².